The van der Waals surface area contributed by atoms with Gasteiger partial charge in [-0.05, 0) is 48.5 Å². The second-order valence-electron chi connectivity index (χ2n) is 6.52. The molecule has 0 aliphatic heterocycles. The number of carbonyl (C=O) groups is 1. The van der Waals surface area contributed by atoms with E-state index in [-0.39, 0.29) is 5.91 Å². The molecule has 30 heavy (non-hydrogen) atoms. The Kier molecular flexibility index (Phi) is 5.26. The molecule has 152 valence electrons. The number of H-pyrrole nitrogens is 1. The van der Waals surface area contributed by atoms with Crippen LogP contribution in [0.1, 0.15) is 10.4 Å². The van der Waals surface area contributed by atoms with Crippen molar-refractivity contribution in [2.45, 2.75) is 0 Å². The maximum absolute atomic E-state index is 12.8. The number of nitrogens with zero attached hydrogens (tertiary/aromatic N) is 1. The third-order valence-electron chi connectivity index (χ3n) is 4.75. The predicted octanol–water partition coefficient (Wildman–Crippen LogP) is 4.51. The van der Waals surface area contributed by atoms with Gasteiger partial charge in [0.1, 0.15) is 5.82 Å². The van der Waals surface area contributed by atoms with Crippen molar-refractivity contribution >= 4 is 22.6 Å². The van der Waals surface area contributed by atoms with E-state index in [4.69, 9.17) is 14.2 Å². The quantitative estimate of drug-likeness (QED) is 0.495. The molecule has 0 radical (unpaired) electrons. The number of rotatable bonds is 6. The van der Waals surface area contributed by atoms with Crippen LogP contribution in [0.5, 0.6) is 17.2 Å². The molecular weight excluding hydrogens is 382 g/mol. The number of para-hydroxylation sites is 2. The molecule has 4 rings (SSSR count). The Morgan fingerprint density at radius 3 is 2.27 bits per heavy atom. The number of imidazole rings is 1. The summed E-state index contributed by atoms with van der Waals surface area (Å²) in [6.45, 7) is 0. The van der Waals surface area contributed by atoms with E-state index in [2.05, 4.69) is 15.3 Å². The number of methoxy groups -OCH3 is 3. The lowest BCUT2D eigenvalue weighted by Gasteiger charge is -2.15. The van der Waals surface area contributed by atoms with Gasteiger partial charge in [0, 0.05) is 11.3 Å². The van der Waals surface area contributed by atoms with Crippen LogP contribution in [-0.2, 0) is 0 Å². The number of aromatic nitrogens is 2. The smallest absolute Gasteiger partial charge is 0.259 e. The number of aromatic amines is 1. The summed E-state index contributed by atoms with van der Waals surface area (Å²) < 4.78 is 16.0. The Morgan fingerprint density at radius 2 is 1.60 bits per heavy atom. The molecule has 0 aliphatic rings. The highest BCUT2D eigenvalue weighted by Gasteiger charge is 2.20. The predicted molar refractivity (Wildman–Crippen MR) is 116 cm³/mol. The summed E-state index contributed by atoms with van der Waals surface area (Å²) in [6, 6.07) is 18.6. The average Bonchev–Trinajstić information content (AvgIpc) is 3.22. The maximum Gasteiger partial charge on any atom is 0.259 e. The van der Waals surface area contributed by atoms with E-state index in [1.165, 1.54) is 21.3 Å². The SMILES string of the molecule is COc1ccc(C(=O)Nc2ccc(-c3nc4ccccc4[nH]3)cc2)c(OC)c1OC. The average molecular weight is 403 g/mol. The minimum absolute atomic E-state index is 0.313. The molecule has 1 amide bonds. The monoisotopic (exact) mass is 403 g/mol. The van der Waals surface area contributed by atoms with E-state index in [9.17, 15) is 4.79 Å². The van der Waals surface area contributed by atoms with Crippen molar-refractivity contribution in [3.05, 3.63) is 66.2 Å². The van der Waals surface area contributed by atoms with Crippen LogP contribution in [0.25, 0.3) is 22.4 Å². The van der Waals surface area contributed by atoms with Gasteiger partial charge >= 0.3 is 0 Å². The molecule has 0 aliphatic carbocycles. The second-order valence-corrected chi connectivity index (χ2v) is 6.52. The molecule has 0 atom stereocenters. The first-order valence-electron chi connectivity index (χ1n) is 9.30. The first kappa shape index (κ1) is 19.3. The minimum atomic E-state index is -0.315. The van der Waals surface area contributed by atoms with E-state index >= 15 is 0 Å². The summed E-state index contributed by atoms with van der Waals surface area (Å²) >= 11 is 0. The number of carbonyl (C=O) groups excluding carboxylic acids is 1. The Balaban J connectivity index is 1.57. The van der Waals surface area contributed by atoms with Gasteiger partial charge in [-0.25, -0.2) is 4.98 Å². The standard InChI is InChI=1S/C23H21N3O4/c1-28-19-13-12-16(20(29-2)21(19)30-3)23(27)24-15-10-8-14(9-11-15)22-25-17-6-4-5-7-18(17)26-22/h4-13H,1-3H3,(H,24,27)(H,25,26). The number of nitrogens with one attached hydrogen (secondary N) is 2. The van der Waals surface area contributed by atoms with Gasteiger partial charge in [0.25, 0.3) is 5.91 Å². The Bertz CT molecular complexity index is 1170. The van der Waals surface area contributed by atoms with E-state index in [0.717, 1.165) is 22.4 Å². The van der Waals surface area contributed by atoms with Crippen molar-refractivity contribution in [2.24, 2.45) is 0 Å². The normalized spacial score (nSPS) is 10.6. The number of hydrogen-bond donors (Lipinski definition) is 2. The van der Waals surface area contributed by atoms with Crippen LogP contribution in [-0.4, -0.2) is 37.2 Å². The molecule has 2 N–H and O–H groups in total. The lowest BCUT2D eigenvalue weighted by Crippen LogP contribution is -2.14. The fourth-order valence-electron chi connectivity index (χ4n) is 3.28. The molecule has 0 spiro atoms. The molecule has 4 aromatic rings. The second kappa shape index (κ2) is 8.16. The van der Waals surface area contributed by atoms with Crippen molar-refractivity contribution in [2.75, 3.05) is 26.6 Å². The van der Waals surface area contributed by atoms with Crippen molar-refractivity contribution in [1.29, 1.82) is 0 Å². The van der Waals surface area contributed by atoms with E-state index in [1.807, 2.05) is 48.5 Å². The topological polar surface area (TPSA) is 85.5 Å². The number of anilines is 1. The lowest BCUT2D eigenvalue weighted by molar-refractivity contribution is 0.102. The van der Waals surface area contributed by atoms with Crippen LogP contribution >= 0.6 is 0 Å². The Morgan fingerprint density at radius 1 is 0.867 bits per heavy atom. The Hall–Kier alpha value is -4.00. The zero-order chi connectivity index (χ0) is 21.1. The molecule has 0 unspecified atom stereocenters. The van der Waals surface area contributed by atoms with E-state index in [1.54, 1.807) is 12.1 Å². The van der Waals surface area contributed by atoms with Crippen LogP contribution in [0.2, 0.25) is 0 Å². The minimum Gasteiger partial charge on any atom is -0.493 e. The van der Waals surface area contributed by atoms with Crippen LogP contribution < -0.4 is 19.5 Å². The van der Waals surface area contributed by atoms with Gasteiger partial charge in [-0.3, -0.25) is 4.79 Å². The molecule has 7 nitrogen and oxygen atoms in total. The maximum atomic E-state index is 12.8. The number of fused-ring (bicyclic) bond motifs is 1. The van der Waals surface area contributed by atoms with Gasteiger partial charge in [-0.1, -0.05) is 12.1 Å². The van der Waals surface area contributed by atoms with Gasteiger partial charge in [0.05, 0.1) is 37.9 Å². The zero-order valence-electron chi connectivity index (χ0n) is 16.9. The van der Waals surface area contributed by atoms with Crippen LogP contribution in [0, 0.1) is 0 Å². The lowest BCUT2D eigenvalue weighted by atomic mass is 10.1. The highest BCUT2D eigenvalue weighted by molar-refractivity contribution is 6.07. The van der Waals surface area contributed by atoms with Gasteiger partial charge in [-0.15, -0.1) is 0 Å². The van der Waals surface area contributed by atoms with Crippen LogP contribution in [0.3, 0.4) is 0 Å². The van der Waals surface area contributed by atoms with Crippen LogP contribution in [0.15, 0.2) is 60.7 Å². The van der Waals surface area contributed by atoms with E-state index in [0.29, 0.717) is 28.5 Å². The fraction of sp³-hybridized carbons (Fsp3) is 0.130. The van der Waals surface area contributed by atoms with Gasteiger partial charge < -0.3 is 24.5 Å². The van der Waals surface area contributed by atoms with Crippen molar-refractivity contribution in [1.82, 2.24) is 9.97 Å². The van der Waals surface area contributed by atoms with E-state index < -0.39 is 0 Å². The van der Waals surface area contributed by atoms with Gasteiger partial charge in [0.2, 0.25) is 5.75 Å². The summed E-state index contributed by atoms with van der Waals surface area (Å²) in [4.78, 5) is 20.7. The molecule has 3 aromatic carbocycles. The molecule has 0 bridgehead atoms. The molecule has 1 heterocycles. The third kappa shape index (κ3) is 3.53. The zero-order valence-corrected chi connectivity index (χ0v) is 16.9. The fourth-order valence-corrected chi connectivity index (χ4v) is 3.28. The third-order valence-corrected chi connectivity index (χ3v) is 4.75. The van der Waals surface area contributed by atoms with Gasteiger partial charge in [-0.2, -0.15) is 0 Å². The number of benzene rings is 3. The largest absolute Gasteiger partial charge is 0.493 e. The Labute approximate surface area is 173 Å². The highest BCUT2D eigenvalue weighted by Crippen LogP contribution is 2.40. The van der Waals surface area contributed by atoms with Crippen molar-refractivity contribution in [3.8, 4) is 28.6 Å². The van der Waals surface area contributed by atoms with Crippen molar-refractivity contribution < 1.29 is 19.0 Å². The molecular formula is C23H21N3O4. The molecule has 7 heteroatoms. The highest BCUT2D eigenvalue weighted by atomic mass is 16.5. The molecule has 0 saturated heterocycles. The number of hydrogen-bond acceptors (Lipinski definition) is 5. The summed E-state index contributed by atoms with van der Waals surface area (Å²) in [6.07, 6.45) is 0. The first-order chi connectivity index (χ1) is 14.6. The van der Waals surface area contributed by atoms with Crippen molar-refractivity contribution in [3.63, 3.8) is 0 Å². The number of amides is 1. The van der Waals surface area contributed by atoms with Crippen LogP contribution in [0.4, 0.5) is 5.69 Å². The summed E-state index contributed by atoms with van der Waals surface area (Å²) in [5.74, 6) is 1.63. The summed E-state index contributed by atoms with van der Waals surface area (Å²) in [7, 11) is 4.51. The summed E-state index contributed by atoms with van der Waals surface area (Å²) in [5.41, 5.74) is 3.80. The number of ether oxygens (including phenoxy) is 3. The molecule has 0 fully saturated rings. The summed E-state index contributed by atoms with van der Waals surface area (Å²) in [5, 5.41) is 2.88. The first-order valence-corrected chi connectivity index (χ1v) is 9.30. The molecule has 0 saturated carbocycles. The van der Waals surface area contributed by atoms with Gasteiger partial charge in [0.15, 0.2) is 11.5 Å². The molecule has 1 aromatic heterocycles.